The molecule has 1 N–H and O–H groups in total. The summed E-state index contributed by atoms with van der Waals surface area (Å²) in [5.41, 5.74) is 1.07. The molecule has 3 aromatic rings. The van der Waals surface area contributed by atoms with Crippen molar-refractivity contribution >= 4 is 49.9 Å². The molecule has 0 heterocycles. The standard InChI is InChI=1S/C25H28ClN3O4S/c1-4-22(25(31)27-2)28(16-19-11-6-8-14-21(19)26)24(30)17-29(34(3,32)33)23-15-9-12-18-10-5-7-13-20(18)23/h5-15,22H,4,16-17H2,1-3H3,(H,27,31)/t22-/m0/s1. The average Bonchev–Trinajstić information content (AvgIpc) is 2.82. The van der Waals surface area contributed by atoms with Gasteiger partial charge in [0.2, 0.25) is 21.8 Å². The van der Waals surface area contributed by atoms with E-state index in [1.807, 2.05) is 30.3 Å². The SMILES string of the molecule is CC[C@@H](C(=O)NC)N(Cc1ccccc1Cl)C(=O)CN(c1cccc2ccccc12)S(C)(=O)=O. The highest BCUT2D eigenvalue weighted by Gasteiger charge is 2.32. The number of carbonyl (C=O) groups is 2. The van der Waals surface area contributed by atoms with Gasteiger partial charge in [-0.05, 0) is 29.5 Å². The first-order valence-corrected chi connectivity index (χ1v) is 13.1. The van der Waals surface area contributed by atoms with Crippen molar-refractivity contribution in [1.29, 1.82) is 0 Å². The number of hydrogen-bond acceptors (Lipinski definition) is 4. The molecule has 0 saturated heterocycles. The Morgan fingerprint density at radius 3 is 2.29 bits per heavy atom. The molecule has 3 aromatic carbocycles. The van der Waals surface area contributed by atoms with E-state index in [-0.39, 0.29) is 12.5 Å². The highest BCUT2D eigenvalue weighted by molar-refractivity contribution is 7.92. The van der Waals surface area contributed by atoms with Crippen LogP contribution in [-0.4, -0.2) is 51.0 Å². The molecule has 0 radical (unpaired) electrons. The van der Waals surface area contributed by atoms with E-state index in [0.29, 0.717) is 28.1 Å². The average molecular weight is 502 g/mol. The Balaban J connectivity index is 2.04. The van der Waals surface area contributed by atoms with Gasteiger partial charge in [-0.3, -0.25) is 13.9 Å². The summed E-state index contributed by atoms with van der Waals surface area (Å²) < 4.78 is 26.8. The van der Waals surface area contributed by atoms with Gasteiger partial charge in [-0.15, -0.1) is 0 Å². The van der Waals surface area contributed by atoms with Gasteiger partial charge in [-0.25, -0.2) is 8.42 Å². The lowest BCUT2D eigenvalue weighted by Gasteiger charge is -2.33. The highest BCUT2D eigenvalue weighted by Crippen LogP contribution is 2.29. The normalized spacial score (nSPS) is 12.2. The molecule has 180 valence electrons. The largest absolute Gasteiger partial charge is 0.357 e. The summed E-state index contributed by atoms with van der Waals surface area (Å²) in [4.78, 5) is 27.7. The molecule has 0 spiro atoms. The minimum Gasteiger partial charge on any atom is -0.357 e. The van der Waals surface area contributed by atoms with Crippen molar-refractivity contribution in [3.8, 4) is 0 Å². The predicted octanol–water partition coefficient (Wildman–Crippen LogP) is 3.81. The van der Waals surface area contributed by atoms with E-state index < -0.39 is 28.5 Å². The van der Waals surface area contributed by atoms with Gasteiger partial charge in [0, 0.05) is 24.0 Å². The van der Waals surface area contributed by atoms with Crippen LogP contribution in [0, 0.1) is 0 Å². The maximum Gasteiger partial charge on any atom is 0.244 e. The number of hydrogen-bond donors (Lipinski definition) is 1. The minimum atomic E-state index is -3.82. The van der Waals surface area contributed by atoms with Crippen molar-refractivity contribution in [2.24, 2.45) is 0 Å². The molecule has 0 bridgehead atoms. The number of nitrogens with one attached hydrogen (secondary N) is 1. The van der Waals surface area contributed by atoms with Crippen LogP contribution in [0.3, 0.4) is 0 Å². The first kappa shape index (κ1) is 25.5. The molecule has 0 fully saturated rings. The van der Waals surface area contributed by atoms with E-state index in [0.717, 1.165) is 15.9 Å². The Morgan fingerprint density at radius 1 is 1.00 bits per heavy atom. The Hall–Kier alpha value is -3.10. The zero-order valence-corrected chi connectivity index (χ0v) is 20.9. The van der Waals surface area contributed by atoms with E-state index in [2.05, 4.69) is 5.32 Å². The van der Waals surface area contributed by atoms with Gasteiger partial charge in [-0.1, -0.05) is 73.1 Å². The van der Waals surface area contributed by atoms with Crippen molar-refractivity contribution in [1.82, 2.24) is 10.2 Å². The van der Waals surface area contributed by atoms with Crippen molar-refractivity contribution in [2.75, 3.05) is 24.2 Å². The van der Waals surface area contributed by atoms with Crippen LogP contribution in [-0.2, 0) is 26.2 Å². The summed E-state index contributed by atoms with van der Waals surface area (Å²) in [5.74, 6) is -0.840. The number of anilines is 1. The second kappa shape index (κ2) is 10.9. The molecule has 34 heavy (non-hydrogen) atoms. The second-order valence-electron chi connectivity index (χ2n) is 7.92. The minimum absolute atomic E-state index is 0.0670. The first-order valence-electron chi connectivity index (χ1n) is 10.9. The van der Waals surface area contributed by atoms with Crippen molar-refractivity contribution in [3.05, 3.63) is 77.3 Å². The Bertz CT molecular complexity index is 1290. The van der Waals surface area contributed by atoms with Gasteiger partial charge in [-0.2, -0.15) is 0 Å². The summed E-state index contributed by atoms with van der Waals surface area (Å²) >= 11 is 6.33. The van der Waals surface area contributed by atoms with Crippen LogP contribution in [0.25, 0.3) is 10.8 Å². The van der Waals surface area contributed by atoms with Gasteiger partial charge in [0.15, 0.2) is 0 Å². The molecule has 3 rings (SSSR count). The molecule has 0 aliphatic heterocycles. The quantitative estimate of drug-likeness (QED) is 0.483. The molecule has 9 heteroatoms. The smallest absolute Gasteiger partial charge is 0.244 e. The zero-order chi connectivity index (χ0) is 24.9. The van der Waals surface area contributed by atoms with Crippen LogP contribution in [0.5, 0.6) is 0 Å². The fraction of sp³-hybridized carbons (Fsp3) is 0.280. The molecule has 0 aromatic heterocycles. The molecule has 0 aliphatic rings. The number of fused-ring (bicyclic) bond motifs is 1. The maximum absolute atomic E-state index is 13.6. The fourth-order valence-corrected chi connectivity index (χ4v) is 4.97. The van der Waals surface area contributed by atoms with Crippen molar-refractivity contribution in [2.45, 2.75) is 25.9 Å². The lowest BCUT2D eigenvalue weighted by molar-refractivity contribution is -0.140. The first-order chi connectivity index (χ1) is 16.2. The third-order valence-electron chi connectivity index (χ3n) is 5.65. The molecule has 1 atom stereocenters. The van der Waals surface area contributed by atoms with E-state index in [1.165, 1.54) is 11.9 Å². The lowest BCUT2D eigenvalue weighted by atomic mass is 10.1. The fourth-order valence-electron chi connectivity index (χ4n) is 3.92. The number of sulfonamides is 1. The zero-order valence-electron chi connectivity index (χ0n) is 19.4. The van der Waals surface area contributed by atoms with Gasteiger partial charge in [0.1, 0.15) is 12.6 Å². The van der Waals surface area contributed by atoms with Crippen LogP contribution in [0.2, 0.25) is 5.02 Å². The Kier molecular flexibility index (Phi) is 8.17. The van der Waals surface area contributed by atoms with Gasteiger partial charge < -0.3 is 10.2 Å². The number of benzene rings is 3. The lowest BCUT2D eigenvalue weighted by Crippen LogP contribution is -2.51. The molecule has 2 amide bonds. The van der Waals surface area contributed by atoms with Gasteiger partial charge >= 0.3 is 0 Å². The summed E-state index contributed by atoms with van der Waals surface area (Å²) in [5, 5.41) is 4.61. The summed E-state index contributed by atoms with van der Waals surface area (Å²) in [6.07, 6.45) is 1.42. The van der Waals surface area contributed by atoms with Crippen molar-refractivity contribution in [3.63, 3.8) is 0 Å². The van der Waals surface area contributed by atoms with E-state index in [9.17, 15) is 18.0 Å². The van der Waals surface area contributed by atoms with Gasteiger partial charge in [0.05, 0.1) is 11.9 Å². The molecular weight excluding hydrogens is 474 g/mol. The Labute approximate surface area is 205 Å². The third kappa shape index (κ3) is 5.69. The maximum atomic E-state index is 13.6. The van der Waals surface area contributed by atoms with Crippen LogP contribution in [0.1, 0.15) is 18.9 Å². The number of halogens is 1. The molecular formula is C25H28ClN3O4S. The van der Waals surface area contributed by atoms with Crippen LogP contribution in [0.4, 0.5) is 5.69 Å². The van der Waals surface area contributed by atoms with Crippen LogP contribution >= 0.6 is 11.6 Å². The Morgan fingerprint density at radius 2 is 1.65 bits per heavy atom. The molecule has 7 nitrogen and oxygen atoms in total. The number of carbonyl (C=O) groups excluding carboxylic acids is 2. The third-order valence-corrected chi connectivity index (χ3v) is 7.14. The van der Waals surface area contributed by atoms with E-state index >= 15 is 0 Å². The number of amides is 2. The van der Waals surface area contributed by atoms with Crippen LogP contribution in [0.15, 0.2) is 66.7 Å². The van der Waals surface area contributed by atoms with Crippen LogP contribution < -0.4 is 9.62 Å². The molecule has 0 unspecified atom stereocenters. The van der Waals surface area contributed by atoms with Gasteiger partial charge in [0.25, 0.3) is 0 Å². The predicted molar refractivity (Wildman–Crippen MR) is 136 cm³/mol. The summed E-state index contributed by atoms with van der Waals surface area (Å²) in [6, 6.07) is 18.9. The monoisotopic (exact) mass is 501 g/mol. The number of nitrogens with zero attached hydrogens (tertiary/aromatic N) is 2. The topological polar surface area (TPSA) is 86.8 Å². The van der Waals surface area contributed by atoms with E-state index in [1.54, 1.807) is 43.3 Å². The molecule has 0 aliphatic carbocycles. The number of likely N-dealkylation sites (N-methyl/N-ethyl adjacent to an activating group) is 1. The highest BCUT2D eigenvalue weighted by atomic mass is 35.5. The number of rotatable bonds is 9. The van der Waals surface area contributed by atoms with Crippen molar-refractivity contribution < 1.29 is 18.0 Å². The summed E-state index contributed by atoms with van der Waals surface area (Å²) in [6.45, 7) is 1.41. The summed E-state index contributed by atoms with van der Waals surface area (Å²) in [7, 11) is -2.32. The second-order valence-corrected chi connectivity index (χ2v) is 10.2. The molecule has 0 saturated carbocycles. The van der Waals surface area contributed by atoms with E-state index in [4.69, 9.17) is 11.6 Å².